The lowest BCUT2D eigenvalue weighted by Gasteiger charge is -2.35. The van der Waals surface area contributed by atoms with Crippen molar-refractivity contribution in [3.05, 3.63) is 108 Å². The quantitative estimate of drug-likeness (QED) is 0.256. The molecule has 0 saturated carbocycles. The average Bonchev–Trinajstić information content (AvgIpc) is 3.33. The van der Waals surface area contributed by atoms with E-state index >= 15 is 0 Å². The lowest BCUT2D eigenvalue weighted by molar-refractivity contribution is -0.128. The molecule has 1 fully saturated rings. The summed E-state index contributed by atoms with van der Waals surface area (Å²) < 4.78 is 15.4. The molecule has 0 spiro atoms. The van der Waals surface area contributed by atoms with E-state index in [0.717, 1.165) is 33.0 Å². The number of piperazine rings is 1. The Kier molecular flexibility index (Phi) is 7.46. The lowest BCUT2D eigenvalue weighted by atomic mass is 10.1. The molecule has 0 atom stereocenters. The molecule has 1 amide bonds. The Labute approximate surface area is 236 Å². The Morgan fingerprint density at radius 1 is 0.875 bits per heavy atom. The first-order chi connectivity index (χ1) is 19.5. The molecular formula is C31H29FN6OS. The first kappa shape index (κ1) is 26.0. The Hall–Kier alpha value is -4.24. The fourth-order valence-electron chi connectivity index (χ4n) is 4.97. The summed E-state index contributed by atoms with van der Waals surface area (Å²) in [6.07, 6.45) is 0.576. The Balaban J connectivity index is 1.28. The van der Waals surface area contributed by atoms with Crippen LogP contribution in [0.2, 0.25) is 0 Å². The van der Waals surface area contributed by atoms with Crippen LogP contribution in [-0.2, 0) is 11.2 Å². The number of aryl methyl sites for hydroxylation is 1. The molecule has 0 radical (unpaired) electrons. The summed E-state index contributed by atoms with van der Waals surface area (Å²) in [4.78, 5) is 28.2. The third kappa shape index (κ3) is 5.56. The van der Waals surface area contributed by atoms with Gasteiger partial charge in [-0.3, -0.25) is 4.79 Å². The van der Waals surface area contributed by atoms with E-state index in [1.807, 2.05) is 60.4 Å². The highest BCUT2D eigenvalue weighted by molar-refractivity contribution is 8.00. The topological polar surface area (TPSA) is 67.2 Å². The van der Waals surface area contributed by atoms with Gasteiger partial charge in [-0.1, -0.05) is 48.5 Å². The van der Waals surface area contributed by atoms with E-state index in [-0.39, 0.29) is 11.7 Å². The molecule has 0 bridgehead atoms. The third-order valence-corrected chi connectivity index (χ3v) is 8.04. The zero-order valence-corrected chi connectivity index (χ0v) is 23.0. The molecular weight excluding hydrogens is 523 g/mol. The molecule has 1 aliphatic heterocycles. The smallest absolute Gasteiger partial charge is 0.233 e. The summed E-state index contributed by atoms with van der Waals surface area (Å²) in [7, 11) is 0. The molecule has 0 unspecified atom stereocenters. The van der Waals surface area contributed by atoms with Crippen molar-refractivity contribution in [3.63, 3.8) is 0 Å². The second kappa shape index (κ2) is 11.5. The number of hydrogen-bond acceptors (Lipinski definition) is 6. The number of rotatable bonds is 7. The third-order valence-electron chi connectivity index (χ3n) is 7.04. The minimum atomic E-state index is -0.299. The van der Waals surface area contributed by atoms with Crippen LogP contribution in [-0.4, -0.2) is 62.5 Å². The average molecular weight is 553 g/mol. The van der Waals surface area contributed by atoms with E-state index in [4.69, 9.17) is 15.1 Å². The molecule has 5 aromatic rings. The van der Waals surface area contributed by atoms with Crippen LogP contribution in [0.5, 0.6) is 0 Å². The van der Waals surface area contributed by atoms with Crippen LogP contribution in [0.15, 0.2) is 89.8 Å². The molecule has 2 aromatic heterocycles. The molecule has 1 saturated heterocycles. The number of halogens is 1. The van der Waals surface area contributed by atoms with Gasteiger partial charge in [-0.2, -0.15) is 5.10 Å². The predicted molar refractivity (Wildman–Crippen MR) is 157 cm³/mol. The molecule has 7 nitrogen and oxygen atoms in total. The summed E-state index contributed by atoms with van der Waals surface area (Å²) in [5, 5.41) is 5.66. The summed E-state index contributed by atoms with van der Waals surface area (Å²) in [6.45, 7) is 4.53. The molecule has 3 aromatic carbocycles. The number of thioether (sulfide) groups is 1. The van der Waals surface area contributed by atoms with Crippen molar-refractivity contribution >= 4 is 34.5 Å². The predicted octanol–water partition coefficient (Wildman–Crippen LogP) is 5.29. The Morgan fingerprint density at radius 2 is 1.55 bits per heavy atom. The van der Waals surface area contributed by atoms with Gasteiger partial charge in [-0.15, -0.1) is 11.8 Å². The maximum Gasteiger partial charge on any atom is 0.233 e. The van der Waals surface area contributed by atoms with Crippen LogP contribution in [0.1, 0.15) is 17.1 Å². The monoisotopic (exact) mass is 552 g/mol. The summed E-state index contributed by atoms with van der Waals surface area (Å²) in [6, 6.07) is 26.4. The summed E-state index contributed by atoms with van der Waals surface area (Å²) in [5.74, 6) is 1.78. The first-order valence-electron chi connectivity index (χ1n) is 13.3. The van der Waals surface area contributed by atoms with E-state index in [9.17, 15) is 9.18 Å². The molecule has 3 heterocycles. The van der Waals surface area contributed by atoms with Gasteiger partial charge in [-0.05, 0) is 48.9 Å². The number of benzene rings is 3. The lowest BCUT2D eigenvalue weighted by Crippen LogP contribution is -2.49. The van der Waals surface area contributed by atoms with Gasteiger partial charge >= 0.3 is 0 Å². The van der Waals surface area contributed by atoms with Gasteiger partial charge in [0.15, 0.2) is 5.65 Å². The van der Waals surface area contributed by atoms with Gasteiger partial charge in [0.2, 0.25) is 5.91 Å². The number of fused-ring (bicyclic) bond motifs is 1. The van der Waals surface area contributed by atoms with E-state index in [1.165, 1.54) is 12.1 Å². The highest BCUT2D eigenvalue weighted by Gasteiger charge is 2.26. The number of amides is 1. The van der Waals surface area contributed by atoms with Crippen LogP contribution in [0.3, 0.4) is 0 Å². The largest absolute Gasteiger partial charge is 0.352 e. The second-order valence-corrected chi connectivity index (χ2v) is 10.8. The van der Waals surface area contributed by atoms with Gasteiger partial charge in [0.05, 0.1) is 22.5 Å². The van der Waals surface area contributed by atoms with Crippen LogP contribution < -0.4 is 4.90 Å². The number of aromatic nitrogens is 4. The van der Waals surface area contributed by atoms with Crippen molar-refractivity contribution in [2.45, 2.75) is 18.2 Å². The molecule has 0 N–H and O–H groups in total. The van der Waals surface area contributed by atoms with Crippen LogP contribution >= 0.6 is 11.8 Å². The molecule has 202 valence electrons. The van der Waals surface area contributed by atoms with Crippen molar-refractivity contribution in [2.75, 3.05) is 36.8 Å². The van der Waals surface area contributed by atoms with Gasteiger partial charge in [0.25, 0.3) is 0 Å². The number of nitrogens with zero attached hydrogens (tertiary/aromatic N) is 6. The minimum Gasteiger partial charge on any atom is -0.352 e. The fourth-order valence-corrected chi connectivity index (χ4v) is 5.80. The Bertz CT molecular complexity index is 1620. The molecule has 6 rings (SSSR count). The van der Waals surface area contributed by atoms with E-state index < -0.39 is 0 Å². The fraction of sp³-hybridized carbons (Fsp3) is 0.226. The van der Waals surface area contributed by atoms with Gasteiger partial charge in [0, 0.05) is 37.5 Å². The Morgan fingerprint density at radius 3 is 2.25 bits per heavy atom. The van der Waals surface area contributed by atoms with E-state index in [2.05, 4.69) is 17.0 Å². The maximum absolute atomic E-state index is 13.7. The number of anilines is 1. The van der Waals surface area contributed by atoms with Crippen molar-refractivity contribution in [3.8, 4) is 5.69 Å². The van der Waals surface area contributed by atoms with Crippen molar-refractivity contribution < 1.29 is 9.18 Å². The van der Waals surface area contributed by atoms with Crippen LogP contribution in [0.25, 0.3) is 16.7 Å². The first-order valence-corrected chi connectivity index (χ1v) is 14.3. The standard InChI is InChI=1S/C31H29FN6OS/c1-22-29-30(37-18-16-36(17-19-37)28(39)21-40-26-10-6-3-7-11-26)33-27(20-23-8-4-2-5-9-23)34-31(29)38(35-22)25-14-12-24(32)13-15-25/h2-15H,16-21H2,1H3. The van der Waals surface area contributed by atoms with E-state index in [1.54, 1.807) is 28.6 Å². The number of carbonyl (C=O) groups excluding carboxylic acids is 1. The van der Waals surface area contributed by atoms with Gasteiger partial charge in [-0.25, -0.2) is 19.0 Å². The number of carbonyl (C=O) groups is 1. The maximum atomic E-state index is 13.7. The van der Waals surface area contributed by atoms with E-state index in [0.29, 0.717) is 49.8 Å². The molecule has 1 aliphatic rings. The zero-order valence-electron chi connectivity index (χ0n) is 22.2. The van der Waals surface area contributed by atoms with Crippen molar-refractivity contribution in [1.29, 1.82) is 0 Å². The zero-order chi connectivity index (χ0) is 27.5. The van der Waals surface area contributed by atoms with Crippen LogP contribution in [0, 0.1) is 12.7 Å². The number of hydrogen-bond donors (Lipinski definition) is 0. The molecule has 9 heteroatoms. The van der Waals surface area contributed by atoms with Crippen molar-refractivity contribution in [1.82, 2.24) is 24.6 Å². The SMILES string of the molecule is Cc1nn(-c2ccc(F)cc2)c2nc(Cc3ccccc3)nc(N3CCN(C(=O)CSc4ccccc4)CC3)c12. The highest BCUT2D eigenvalue weighted by atomic mass is 32.2. The molecule has 0 aliphatic carbocycles. The van der Waals surface area contributed by atoms with Gasteiger partial charge < -0.3 is 9.80 Å². The van der Waals surface area contributed by atoms with Crippen LogP contribution in [0.4, 0.5) is 10.2 Å². The highest BCUT2D eigenvalue weighted by Crippen LogP contribution is 2.30. The molecule has 40 heavy (non-hydrogen) atoms. The second-order valence-electron chi connectivity index (χ2n) is 9.77. The summed E-state index contributed by atoms with van der Waals surface area (Å²) in [5.41, 5.74) is 3.35. The van der Waals surface area contributed by atoms with Crippen molar-refractivity contribution in [2.24, 2.45) is 0 Å². The minimum absolute atomic E-state index is 0.145. The normalized spacial score (nSPS) is 13.7. The van der Waals surface area contributed by atoms with Gasteiger partial charge in [0.1, 0.15) is 17.5 Å². The summed E-state index contributed by atoms with van der Waals surface area (Å²) >= 11 is 1.57.